The maximum atomic E-state index is 6.08. The van der Waals surface area contributed by atoms with E-state index in [4.69, 9.17) is 21.1 Å². The summed E-state index contributed by atoms with van der Waals surface area (Å²) >= 11 is 6.08. The lowest BCUT2D eigenvalue weighted by molar-refractivity contribution is 0.138. The molecule has 26 heavy (non-hydrogen) atoms. The molecule has 1 saturated carbocycles. The van der Waals surface area contributed by atoms with Crippen LogP contribution >= 0.6 is 35.6 Å². The van der Waals surface area contributed by atoms with E-state index in [9.17, 15) is 0 Å². The average Bonchev–Trinajstić information content (AvgIpc) is 3.10. The van der Waals surface area contributed by atoms with Crippen molar-refractivity contribution >= 4 is 41.5 Å². The van der Waals surface area contributed by atoms with E-state index in [1.165, 1.54) is 25.7 Å². The van der Waals surface area contributed by atoms with Gasteiger partial charge in [-0.05, 0) is 36.8 Å². The molecule has 0 aromatic heterocycles. The third-order valence-corrected chi connectivity index (χ3v) is 5.16. The van der Waals surface area contributed by atoms with Crippen molar-refractivity contribution in [3.8, 4) is 5.75 Å². The van der Waals surface area contributed by atoms with Crippen molar-refractivity contribution in [3.05, 3.63) is 29.3 Å². The van der Waals surface area contributed by atoms with Gasteiger partial charge in [-0.1, -0.05) is 36.6 Å². The Kier molecular flexibility index (Phi) is 11.3. The van der Waals surface area contributed by atoms with Gasteiger partial charge in [0.05, 0.1) is 11.6 Å². The first-order chi connectivity index (χ1) is 12.2. The summed E-state index contributed by atoms with van der Waals surface area (Å²) in [6.45, 7) is 2.94. The van der Waals surface area contributed by atoms with E-state index in [-0.39, 0.29) is 24.0 Å². The van der Waals surface area contributed by atoms with Gasteiger partial charge in [-0.15, -0.1) is 24.0 Å². The molecule has 2 N–H and O–H groups in total. The molecule has 0 atom stereocenters. The van der Waals surface area contributed by atoms with Crippen molar-refractivity contribution in [2.45, 2.75) is 32.1 Å². The second kappa shape index (κ2) is 12.6. The van der Waals surface area contributed by atoms with Crippen LogP contribution < -0.4 is 15.4 Å². The third-order valence-electron chi connectivity index (χ3n) is 4.84. The first kappa shape index (κ1) is 23.3. The SMILES string of the molecule is CN=C(NCCOc1ccccc1Cl)NCC1(CCOC)CCCC1.I. The Balaban J connectivity index is 0.00000338. The molecule has 7 heteroatoms. The lowest BCUT2D eigenvalue weighted by atomic mass is 9.83. The van der Waals surface area contributed by atoms with Gasteiger partial charge < -0.3 is 20.1 Å². The minimum atomic E-state index is 0. The summed E-state index contributed by atoms with van der Waals surface area (Å²) in [6, 6.07) is 7.50. The van der Waals surface area contributed by atoms with Crippen molar-refractivity contribution < 1.29 is 9.47 Å². The number of halogens is 2. The van der Waals surface area contributed by atoms with Gasteiger partial charge in [-0.25, -0.2) is 0 Å². The number of para-hydroxylation sites is 1. The summed E-state index contributed by atoms with van der Waals surface area (Å²) in [4.78, 5) is 4.30. The standard InChI is InChI=1S/C19H30ClN3O2.HI/c1-21-18(22-12-14-25-17-8-4-3-7-16(17)20)23-15-19(11-13-24-2)9-5-6-10-19;/h3-4,7-8H,5-6,9-15H2,1-2H3,(H2,21,22,23);1H. The molecule has 148 valence electrons. The highest BCUT2D eigenvalue weighted by molar-refractivity contribution is 14.0. The molecule has 5 nitrogen and oxygen atoms in total. The van der Waals surface area contributed by atoms with E-state index < -0.39 is 0 Å². The number of hydrogen-bond donors (Lipinski definition) is 2. The van der Waals surface area contributed by atoms with E-state index in [0.717, 1.165) is 25.5 Å². The van der Waals surface area contributed by atoms with Gasteiger partial charge >= 0.3 is 0 Å². The van der Waals surface area contributed by atoms with E-state index in [0.29, 0.717) is 29.3 Å². The fourth-order valence-electron chi connectivity index (χ4n) is 3.34. The van der Waals surface area contributed by atoms with Crippen LogP contribution in [0, 0.1) is 5.41 Å². The Hall–Kier alpha value is -0.730. The first-order valence-electron chi connectivity index (χ1n) is 9.00. The number of hydrogen-bond acceptors (Lipinski definition) is 3. The van der Waals surface area contributed by atoms with Gasteiger partial charge in [0.15, 0.2) is 5.96 Å². The van der Waals surface area contributed by atoms with Crippen LogP contribution in [0.3, 0.4) is 0 Å². The smallest absolute Gasteiger partial charge is 0.191 e. The van der Waals surface area contributed by atoms with Gasteiger partial charge in [0, 0.05) is 27.3 Å². The summed E-state index contributed by atoms with van der Waals surface area (Å²) in [7, 11) is 3.57. The summed E-state index contributed by atoms with van der Waals surface area (Å²) in [6.07, 6.45) is 6.24. The number of nitrogens with one attached hydrogen (secondary N) is 2. The zero-order chi connectivity index (χ0) is 18.0. The Morgan fingerprint density at radius 3 is 2.58 bits per heavy atom. The highest BCUT2D eigenvalue weighted by Gasteiger charge is 2.33. The van der Waals surface area contributed by atoms with Crippen molar-refractivity contribution in [2.75, 3.05) is 40.5 Å². The molecule has 0 aliphatic heterocycles. The van der Waals surface area contributed by atoms with Gasteiger partial charge in [0.2, 0.25) is 0 Å². The van der Waals surface area contributed by atoms with Crippen molar-refractivity contribution in [1.29, 1.82) is 0 Å². The van der Waals surface area contributed by atoms with E-state index in [2.05, 4.69) is 15.6 Å². The number of benzene rings is 1. The van der Waals surface area contributed by atoms with Crippen LogP contribution in [0.15, 0.2) is 29.3 Å². The van der Waals surface area contributed by atoms with Crippen LogP contribution in [0.4, 0.5) is 0 Å². The number of nitrogens with zero attached hydrogens (tertiary/aromatic N) is 1. The highest BCUT2D eigenvalue weighted by atomic mass is 127. The molecule has 1 fully saturated rings. The summed E-state index contributed by atoms with van der Waals surface area (Å²) < 4.78 is 11.0. The highest BCUT2D eigenvalue weighted by Crippen LogP contribution is 2.40. The number of guanidine groups is 1. The molecule has 0 saturated heterocycles. The number of aliphatic imine (C=N–C) groups is 1. The molecule has 1 aromatic rings. The molecule has 1 aliphatic carbocycles. The molecule has 1 aliphatic rings. The fraction of sp³-hybridized carbons (Fsp3) is 0.632. The molecular weight excluding hydrogens is 465 g/mol. The van der Waals surface area contributed by atoms with Crippen molar-refractivity contribution in [1.82, 2.24) is 10.6 Å². The first-order valence-corrected chi connectivity index (χ1v) is 9.38. The quantitative estimate of drug-likeness (QED) is 0.234. The van der Waals surface area contributed by atoms with Crippen molar-refractivity contribution in [2.24, 2.45) is 10.4 Å². The van der Waals surface area contributed by atoms with Crippen LogP contribution in [0.5, 0.6) is 5.75 Å². The zero-order valence-corrected chi connectivity index (χ0v) is 18.8. The van der Waals surface area contributed by atoms with Gasteiger partial charge in [0.25, 0.3) is 0 Å². The van der Waals surface area contributed by atoms with Gasteiger partial charge in [-0.2, -0.15) is 0 Å². The zero-order valence-electron chi connectivity index (χ0n) is 15.7. The molecule has 0 heterocycles. The van der Waals surface area contributed by atoms with Crippen LogP contribution in [-0.4, -0.2) is 46.4 Å². The molecule has 2 rings (SSSR count). The molecule has 0 bridgehead atoms. The molecule has 0 radical (unpaired) electrons. The molecular formula is C19H31ClIN3O2. The van der Waals surface area contributed by atoms with Crippen LogP contribution in [-0.2, 0) is 4.74 Å². The normalized spacial score (nSPS) is 16.0. The molecule has 0 unspecified atom stereocenters. The summed E-state index contributed by atoms with van der Waals surface area (Å²) in [5, 5.41) is 7.40. The Morgan fingerprint density at radius 1 is 1.19 bits per heavy atom. The molecule has 0 spiro atoms. The molecule has 1 aromatic carbocycles. The largest absolute Gasteiger partial charge is 0.490 e. The van der Waals surface area contributed by atoms with Gasteiger partial charge in [0.1, 0.15) is 12.4 Å². The second-order valence-electron chi connectivity index (χ2n) is 6.58. The lowest BCUT2D eigenvalue weighted by Crippen LogP contribution is -2.44. The van der Waals surface area contributed by atoms with E-state index >= 15 is 0 Å². The average molecular weight is 496 g/mol. The Morgan fingerprint density at radius 2 is 1.92 bits per heavy atom. The van der Waals surface area contributed by atoms with Crippen LogP contribution in [0.1, 0.15) is 32.1 Å². The Labute approximate surface area is 179 Å². The third kappa shape index (κ3) is 7.48. The Bertz CT molecular complexity index is 551. The topological polar surface area (TPSA) is 54.9 Å². The van der Waals surface area contributed by atoms with E-state index in [1.807, 2.05) is 24.3 Å². The van der Waals surface area contributed by atoms with Gasteiger partial charge in [-0.3, -0.25) is 4.99 Å². The van der Waals surface area contributed by atoms with E-state index in [1.54, 1.807) is 14.2 Å². The number of ether oxygens (including phenoxy) is 2. The monoisotopic (exact) mass is 495 g/mol. The fourth-order valence-corrected chi connectivity index (χ4v) is 3.53. The summed E-state index contributed by atoms with van der Waals surface area (Å²) in [5.41, 5.74) is 0.335. The second-order valence-corrected chi connectivity index (χ2v) is 6.99. The maximum Gasteiger partial charge on any atom is 0.191 e. The molecule has 0 amide bonds. The predicted octanol–water partition coefficient (Wildman–Crippen LogP) is 4.10. The lowest BCUT2D eigenvalue weighted by Gasteiger charge is -2.29. The number of rotatable bonds is 9. The minimum Gasteiger partial charge on any atom is -0.490 e. The maximum absolute atomic E-state index is 6.08. The summed E-state index contributed by atoms with van der Waals surface area (Å²) in [5.74, 6) is 1.52. The van der Waals surface area contributed by atoms with Crippen LogP contribution in [0.2, 0.25) is 5.02 Å². The number of methoxy groups -OCH3 is 1. The minimum absolute atomic E-state index is 0. The van der Waals surface area contributed by atoms with Crippen LogP contribution in [0.25, 0.3) is 0 Å². The van der Waals surface area contributed by atoms with Crippen molar-refractivity contribution in [3.63, 3.8) is 0 Å². The predicted molar refractivity (Wildman–Crippen MR) is 119 cm³/mol.